The van der Waals surface area contributed by atoms with Crippen molar-refractivity contribution in [1.82, 2.24) is 5.32 Å². The van der Waals surface area contributed by atoms with E-state index >= 15 is 0 Å². The SMILES string of the molecule is Cc1ccsc1C(=O)NC[C@@H](C)N(C)c1ccccc1. The highest BCUT2D eigenvalue weighted by Crippen LogP contribution is 2.16. The van der Waals surface area contributed by atoms with Gasteiger partial charge in [-0.2, -0.15) is 0 Å². The van der Waals surface area contributed by atoms with Gasteiger partial charge >= 0.3 is 0 Å². The van der Waals surface area contributed by atoms with Gasteiger partial charge in [-0.15, -0.1) is 11.3 Å². The molecule has 3 nitrogen and oxygen atoms in total. The number of hydrogen-bond acceptors (Lipinski definition) is 3. The zero-order chi connectivity index (χ0) is 14.5. The Balaban J connectivity index is 1.91. The van der Waals surface area contributed by atoms with Gasteiger partial charge in [0.2, 0.25) is 0 Å². The van der Waals surface area contributed by atoms with Crippen molar-refractivity contribution in [2.24, 2.45) is 0 Å². The summed E-state index contributed by atoms with van der Waals surface area (Å²) >= 11 is 1.49. The van der Waals surface area contributed by atoms with Crippen molar-refractivity contribution in [2.45, 2.75) is 19.9 Å². The molecule has 0 spiro atoms. The molecule has 0 fully saturated rings. The van der Waals surface area contributed by atoms with Crippen molar-refractivity contribution in [1.29, 1.82) is 0 Å². The summed E-state index contributed by atoms with van der Waals surface area (Å²) in [6.07, 6.45) is 0. The first kappa shape index (κ1) is 14.6. The summed E-state index contributed by atoms with van der Waals surface area (Å²) in [5, 5.41) is 4.95. The van der Waals surface area contributed by atoms with Gasteiger partial charge < -0.3 is 10.2 Å². The summed E-state index contributed by atoms with van der Waals surface area (Å²) in [5.74, 6) is 0.0193. The third-order valence-corrected chi connectivity index (χ3v) is 4.47. The van der Waals surface area contributed by atoms with Gasteiger partial charge in [0, 0.05) is 25.3 Å². The number of anilines is 1. The molecule has 20 heavy (non-hydrogen) atoms. The van der Waals surface area contributed by atoms with Crippen LogP contribution in [0.4, 0.5) is 5.69 Å². The van der Waals surface area contributed by atoms with E-state index in [1.807, 2.05) is 43.6 Å². The molecule has 1 heterocycles. The minimum Gasteiger partial charge on any atom is -0.370 e. The minimum absolute atomic E-state index is 0.0193. The number of rotatable bonds is 5. The van der Waals surface area contributed by atoms with Crippen molar-refractivity contribution in [2.75, 3.05) is 18.5 Å². The Morgan fingerprint density at radius 3 is 2.60 bits per heavy atom. The van der Waals surface area contributed by atoms with Crippen LogP contribution in [0.3, 0.4) is 0 Å². The van der Waals surface area contributed by atoms with Crippen molar-refractivity contribution in [3.05, 3.63) is 52.2 Å². The molecule has 1 aromatic carbocycles. The first-order chi connectivity index (χ1) is 9.59. The largest absolute Gasteiger partial charge is 0.370 e. The minimum atomic E-state index is 0.0193. The highest BCUT2D eigenvalue weighted by Gasteiger charge is 2.14. The molecular formula is C16H20N2OS. The van der Waals surface area contributed by atoms with Crippen LogP contribution in [0.1, 0.15) is 22.2 Å². The predicted octanol–water partition coefficient (Wildman–Crippen LogP) is 3.31. The number of likely N-dealkylation sites (N-methyl/N-ethyl adjacent to an activating group) is 1. The Bertz CT molecular complexity index is 565. The Hall–Kier alpha value is -1.81. The molecule has 0 bridgehead atoms. The number of carbonyl (C=O) groups is 1. The van der Waals surface area contributed by atoms with Gasteiger partial charge in [-0.05, 0) is 43.0 Å². The number of nitrogens with zero attached hydrogens (tertiary/aromatic N) is 1. The molecular weight excluding hydrogens is 268 g/mol. The quantitative estimate of drug-likeness (QED) is 0.915. The Labute approximate surface area is 124 Å². The van der Waals surface area contributed by atoms with Crippen molar-refractivity contribution >= 4 is 22.9 Å². The molecule has 1 amide bonds. The molecule has 0 aliphatic rings. The van der Waals surface area contributed by atoms with E-state index in [1.165, 1.54) is 11.3 Å². The smallest absolute Gasteiger partial charge is 0.261 e. The average molecular weight is 288 g/mol. The van der Waals surface area contributed by atoms with Crippen molar-refractivity contribution in [3.63, 3.8) is 0 Å². The lowest BCUT2D eigenvalue weighted by atomic mass is 10.2. The molecule has 0 unspecified atom stereocenters. The molecule has 2 aromatic rings. The maximum absolute atomic E-state index is 12.1. The molecule has 0 saturated heterocycles. The second-order valence-electron chi connectivity index (χ2n) is 4.94. The fourth-order valence-electron chi connectivity index (χ4n) is 1.98. The van der Waals surface area contributed by atoms with E-state index in [1.54, 1.807) is 0 Å². The van der Waals surface area contributed by atoms with Gasteiger partial charge in [0.25, 0.3) is 5.91 Å². The van der Waals surface area contributed by atoms with Gasteiger partial charge in [0.1, 0.15) is 0 Å². The van der Waals surface area contributed by atoms with Gasteiger partial charge in [-0.25, -0.2) is 0 Å². The van der Waals surface area contributed by atoms with E-state index in [-0.39, 0.29) is 11.9 Å². The summed E-state index contributed by atoms with van der Waals surface area (Å²) in [6.45, 7) is 4.70. The standard InChI is InChI=1S/C16H20N2OS/c1-12-9-10-20-15(12)16(19)17-11-13(2)18(3)14-7-5-4-6-8-14/h4-10,13H,11H2,1-3H3,(H,17,19)/t13-/m1/s1. The number of para-hydroxylation sites is 1. The normalized spacial score (nSPS) is 11.9. The molecule has 0 radical (unpaired) electrons. The lowest BCUT2D eigenvalue weighted by Gasteiger charge is -2.27. The number of aryl methyl sites for hydroxylation is 1. The van der Waals surface area contributed by atoms with Crippen LogP contribution in [0, 0.1) is 6.92 Å². The molecule has 106 valence electrons. The summed E-state index contributed by atoms with van der Waals surface area (Å²) in [4.78, 5) is 15.0. The second kappa shape index (κ2) is 6.57. The monoisotopic (exact) mass is 288 g/mol. The fraction of sp³-hybridized carbons (Fsp3) is 0.312. The van der Waals surface area contributed by atoms with E-state index in [4.69, 9.17) is 0 Å². The zero-order valence-corrected chi connectivity index (χ0v) is 12.9. The summed E-state index contributed by atoms with van der Waals surface area (Å²) < 4.78 is 0. The topological polar surface area (TPSA) is 32.3 Å². The van der Waals surface area contributed by atoms with Crippen LogP contribution in [0.15, 0.2) is 41.8 Å². The summed E-state index contributed by atoms with van der Waals surface area (Å²) in [7, 11) is 2.04. The molecule has 2 rings (SSSR count). The lowest BCUT2D eigenvalue weighted by molar-refractivity contribution is 0.0955. The van der Waals surface area contributed by atoms with Crippen molar-refractivity contribution in [3.8, 4) is 0 Å². The van der Waals surface area contributed by atoms with Crippen LogP contribution in [0.2, 0.25) is 0 Å². The molecule has 0 aliphatic carbocycles. The molecule has 4 heteroatoms. The highest BCUT2D eigenvalue weighted by atomic mass is 32.1. The van der Waals surface area contributed by atoms with Gasteiger partial charge in [0.15, 0.2) is 0 Å². The third-order valence-electron chi connectivity index (χ3n) is 3.45. The second-order valence-corrected chi connectivity index (χ2v) is 5.85. The summed E-state index contributed by atoms with van der Waals surface area (Å²) in [5.41, 5.74) is 2.19. The number of nitrogens with one attached hydrogen (secondary N) is 1. The third kappa shape index (κ3) is 3.39. The van der Waals surface area contributed by atoms with E-state index in [0.717, 1.165) is 16.1 Å². The van der Waals surface area contributed by atoms with E-state index in [2.05, 4.69) is 29.3 Å². The molecule has 1 N–H and O–H groups in total. The van der Waals surface area contributed by atoms with Crippen molar-refractivity contribution < 1.29 is 4.79 Å². The van der Waals surface area contributed by atoms with E-state index in [9.17, 15) is 4.79 Å². The van der Waals surface area contributed by atoms with Crippen LogP contribution in [-0.4, -0.2) is 25.5 Å². The number of amides is 1. The fourth-order valence-corrected chi connectivity index (χ4v) is 2.82. The summed E-state index contributed by atoms with van der Waals surface area (Å²) in [6, 6.07) is 12.4. The molecule has 1 atom stereocenters. The maximum atomic E-state index is 12.1. The first-order valence-electron chi connectivity index (χ1n) is 6.69. The van der Waals surface area contributed by atoms with Crippen LogP contribution in [0.5, 0.6) is 0 Å². The zero-order valence-electron chi connectivity index (χ0n) is 12.1. The Morgan fingerprint density at radius 1 is 1.30 bits per heavy atom. The number of benzene rings is 1. The Kier molecular flexibility index (Phi) is 4.79. The Morgan fingerprint density at radius 2 is 2.00 bits per heavy atom. The molecule has 0 aliphatic heterocycles. The number of thiophene rings is 1. The van der Waals surface area contributed by atoms with Gasteiger partial charge in [-0.1, -0.05) is 18.2 Å². The number of carbonyl (C=O) groups excluding carboxylic acids is 1. The van der Waals surface area contributed by atoms with Crippen LogP contribution in [0.25, 0.3) is 0 Å². The average Bonchev–Trinajstić information content (AvgIpc) is 2.90. The van der Waals surface area contributed by atoms with E-state index in [0.29, 0.717) is 6.54 Å². The molecule has 1 aromatic heterocycles. The van der Waals surface area contributed by atoms with E-state index < -0.39 is 0 Å². The van der Waals surface area contributed by atoms with Crippen LogP contribution < -0.4 is 10.2 Å². The van der Waals surface area contributed by atoms with Gasteiger partial charge in [0.05, 0.1) is 4.88 Å². The molecule has 0 saturated carbocycles. The van der Waals surface area contributed by atoms with Crippen LogP contribution in [-0.2, 0) is 0 Å². The van der Waals surface area contributed by atoms with Crippen LogP contribution >= 0.6 is 11.3 Å². The lowest BCUT2D eigenvalue weighted by Crippen LogP contribution is -2.40. The van der Waals surface area contributed by atoms with Gasteiger partial charge in [-0.3, -0.25) is 4.79 Å². The first-order valence-corrected chi connectivity index (χ1v) is 7.57. The maximum Gasteiger partial charge on any atom is 0.261 e. The highest BCUT2D eigenvalue weighted by molar-refractivity contribution is 7.12. The predicted molar refractivity (Wildman–Crippen MR) is 85.7 cm³/mol. The number of hydrogen-bond donors (Lipinski definition) is 1.